The smallest absolute Gasteiger partial charge is 1.00 e. The van der Waals surface area contributed by atoms with Crippen LogP contribution in [-0.4, -0.2) is 39.1 Å². The first-order valence-electron chi connectivity index (χ1n) is 2.62. The van der Waals surface area contributed by atoms with Crippen molar-refractivity contribution in [2.45, 2.75) is 12.5 Å². The molecule has 0 saturated heterocycles. The van der Waals surface area contributed by atoms with E-state index >= 15 is 0 Å². The van der Waals surface area contributed by atoms with Gasteiger partial charge in [0.15, 0.2) is 6.10 Å². The minimum Gasteiger partial charge on any atom is -1.00 e. The number of carbonyl (C=O) groups excluding carboxylic acids is 1. The number of carboxylic acids is 2. The van der Waals surface area contributed by atoms with E-state index in [4.69, 9.17) is 15.3 Å². The van der Waals surface area contributed by atoms with Gasteiger partial charge in [0.2, 0.25) is 5.78 Å². The largest absolute Gasteiger partial charge is 1.00 e. The third-order valence-electron chi connectivity index (χ3n) is 0.902. The van der Waals surface area contributed by atoms with Crippen LogP contribution in [0.25, 0.3) is 0 Å². The molecule has 1 unspecified atom stereocenters. The van der Waals surface area contributed by atoms with Crippen molar-refractivity contribution in [1.29, 1.82) is 0 Å². The summed E-state index contributed by atoms with van der Waals surface area (Å²) in [5.74, 6) is -4.68. The van der Waals surface area contributed by atoms with Crippen LogP contribution in [0.2, 0.25) is 0 Å². The van der Waals surface area contributed by atoms with E-state index in [1.54, 1.807) is 0 Å². The van der Waals surface area contributed by atoms with E-state index < -0.39 is 30.2 Å². The van der Waals surface area contributed by atoms with Crippen LogP contribution >= 0.6 is 0 Å². The molecule has 12 heavy (non-hydrogen) atoms. The Morgan fingerprint density at radius 2 is 1.67 bits per heavy atom. The zero-order valence-corrected chi connectivity index (χ0v) is 6.35. The van der Waals surface area contributed by atoms with E-state index in [0.29, 0.717) is 0 Å². The maximum absolute atomic E-state index is 10.2. The molecule has 0 aliphatic rings. The van der Waals surface area contributed by atoms with E-state index in [2.05, 4.69) is 0 Å². The van der Waals surface area contributed by atoms with Gasteiger partial charge in [-0.15, -0.1) is 0 Å². The zero-order chi connectivity index (χ0) is 9.02. The van der Waals surface area contributed by atoms with E-state index in [1.165, 1.54) is 0 Å². The fraction of sp³-hybridized carbons (Fsp3) is 0.400. The van der Waals surface area contributed by atoms with Crippen LogP contribution in [0.5, 0.6) is 0 Å². The molecule has 0 amide bonds. The van der Waals surface area contributed by atoms with Gasteiger partial charge in [0.1, 0.15) is 0 Å². The van der Waals surface area contributed by atoms with E-state index in [-0.39, 0.29) is 20.3 Å². The van der Waals surface area contributed by atoms with Gasteiger partial charge in [0.05, 0.1) is 6.42 Å². The minimum atomic E-state index is -1.93. The van der Waals surface area contributed by atoms with Crippen LogP contribution in [0.4, 0.5) is 0 Å². The number of carboxylic acid groups (broad SMARTS) is 2. The quantitative estimate of drug-likeness (QED) is 0.290. The van der Waals surface area contributed by atoms with Gasteiger partial charge >= 0.3 is 30.8 Å². The summed E-state index contributed by atoms with van der Waals surface area (Å²) in [6, 6.07) is 0. The molecular weight excluding hydrogens is 163 g/mol. The van der Waals surface area contributed by atoms with Crippen LogP contribution in [-0.2, 0) is 14.4 Å². The Bertz CT molecular complexity index is 205. The predicted molar refractivity (Wildman–Crippen MR) is 32.0 cm³/mol. The van der Waals surface area contributed by atoms with E-state index in [9.17, 15) is 14.4 Å². The first-order chi connectivity index (χ1) is 4.95. The monoisotopic (exact) mass is 170 g/mol. The number of hydrogen-bond acceptors (Lipinski definition) is 4. The van der Waals surface area contributed by atoms with Gasteiger partial charge in [-0.3, -0.25) is 4.79 Å². The number of carbonyl (C=O) groups is 3. The fourth-order valence-corrected chi connectivity index (χ4v) is 0.350. The molecule has 0 saturated carbocycles. The van der Waals surface area contributed by atoms with Crippen molar-refractivity contribution in [3.8, 4) is 0 Å². The second-order valence-electron chi connectivity index (χ2n) is 1.79. The van der Waals surface area contributed by atoms with Crippen LogP contribution in [0, 0.1) is 0 Å². The molecule has 7 heteroatoms. The Morgan fingerprint density at radius 1 is 1.25 bits per heavy atom. The molecule has 64 valence electrons. The van der Waals surface area contributed by atoms with Gasteiger partial charge in [0, 0.05) is 0 Å². The molecule has 0 spiro atoms. The van der Waals surface area contributed by atoms with E-state index in [1.807, 2.05) is 0 Å². The number of rotatable bonds is 4. The minimum absolute atomic E-state index is 0. The number of aliphatic carboxylic acids is 2. The molecule has 0 aliphatic heterocycles. The molecule has 0 aromatic rings. The maximum Gasteiger partial charge on any atom is 1.00 e. The summed E-state index contributed by atoms with van der Waals surface area (Å²) in [5.41, 5.74) is 0. The number of aliphatic hydroxyl groups is 1. The molecule has 0 radical (unpaired) electrons. The number of Topliss-reactive ketones (excluding diaryl/α,β-unsaturated/α-hetero) is 1. The SMILES string of the molecule is O=C(O)C(=O)CC(O)C(=O)O.[H-].[Li+]. The molecule has 0 rings (SSSR count). The summed E-state index contributed by atoms with van der Waals surface area (Å²) in [5, 5.41) is 24.4. The van der Waals surface area contributed by atoms with Crippen LogP contribution in [0.1, 0.15) is 7.85 Å². The summed E-state index contributed by atoms with van der Waals surface area (Å²) >= 11 is 0. The van der Waals surface area contributed by atoms with Crippen molar-refractivity contribution < 1.29 is 50.0 Å². The summed E-state index contributed by atoms with van der Waals surface area (Å²) in [7, 11) is 0. The van der Waals surface area contributed by atoms with Gasteiger partial charge in [-0.05, 0) is 0 Å². The Balaban J connectivity index is -0.000000500. The van der Waals surface area contributed by atoms with Crippen LogP contribution < -0.4 is 18.9 Å². The third kappa shape index (κ3) is 4.90. The zero-order valence-electron chi connectivity index (χ0n) is 7.35. The average molecular weight is 170 g/mol. The maximum atomic E-state index is 10.2. The normalized spacial score (nSPS) is 11.1. The summed E-state index contributed by atoms with van der Waals surface area (Å²) in [4.78, 5) is 29.9. The third-order valence-corrected chi connectivity index (χ3v) is 0.902. The second-order valence-corrected chi connectivity index (χ2v) is 1.79. The molecule has 0 aromatic carbocycles. The Morgan fingerprint density at radius 3 is 1.92 bits per heavy atom. The topological polar surface area (TPSA) is 112 Å². The number of aliphatic hydroxyl groups excluding tert-OH is 1. The van der Waals surface area contributed by atoms with Crippen LogP contribution in [0.15, 0.2) is 0 Å². The standard InChI is InChI=1S/C5H6O6.Li.H/c6-2(4(8)9)1-3(7)5(10)11;;/h2,6H,1H2,(H,8,9)(H,10,11);;/q;+1;-1. The number of ketones is 1. The summed E-state index contributed by atoms with van der Waals surface area (Å²) in [6.45, 7) is 0. The van der Waals surface area contributed by atoms with Gasteiger partial charge < -0.3 is 16.7 Å². The number of hydrogen-bond donors (Lipinski definition) is 3. The average Bonchev–Trinajstić information content (AvgIpc) is 1.87. The van der Waals surface area contributed by atoms with Crippen molar-refractivity contribution in [3.63, 3.8) is 0 Å². The van der Waals surface area contributed by atoms with Crippen LogP contribution in [0.3, 0.4) is 0 Å². The predicted octanol–water partition coefficient (Wildman–Crippen LogP) is -4.41. The van der Waals surface area contributed by atoms with Gasteiger partial charge in [-0.1, -0.05) is 0 Å². The van der Waals surface area contributed by atoms with Crippen molar-refractivity contribution >= 4 is 17.7 Å². The second kappa shape index (κ2) is 5.77. The van der Waals surface area contributed by atoms with Gasteiger partial charge in [0.25, 0.3) is 0 Å². The Hall–Kier alpha value is -0.833. The van der Waals surface area contributed by atoms with Crippen molar-refractivity contribution in [2.75, 3.05) is 0 Å². The molecule has 0 heterocycles. The molecule has 0 aromatic heterocycles. The van der Waals surface area contributed by atoms with Crippen molar-refractivity contribution in [2.24, 2.45) is 0 Å². The van der Waals surface area contributed by atoms with Gasteiger partial charge in [-0.2, -0.15) is 0 Å². The molecule has 0 fully saturated rings. The molecule has 0 bridgehead atoms. The van der Waals surface area contributed by atoms with E-state index in [0.717, 1.165) is 0 Å². The van der Waals surface area contributed by atoms with Crippen molar-refractivity contribution in [3.05, 3.63) is 0 Å². The first-order valence-corrected chi connectivity index (χ1v) is 2.62. The summed E-state index contributed by atoms with van der Waals surface area (Å²) in [6.07, 6.45) is -2.83. The molecule has 0 aliphatic carbocycles. The molecule has 6 nitrogen and oxygen atoms in total. The molecule has 3 N–H and O–H groups in total. The molecule has 1 atom stereocenters. The summed E-state index contributed by atoms with van der Waals surface area (Å²) < 4.78 is 0. The van der Waals surface area contributed by atoms with Gasteiger partial charge in [-0.25, -0.2) is 9.59 Å². The Labute approximate surface area is 80.8 Å². The fourth-order valence-electron chi connectivity index (χ4n) is 0.350. The molecular formula is C5H7LiO6. The van der Waals surface area contributed by atoms with Crippen molar-refractivity contribution in [1.82, 2.24) is 0 Å². The Kier molecular flexibility index (Phi) is 6.61. The first kappa shape index (κ1) is 13.7.